The second-order valence-corrected chi connectivity index (χ2v) is 4.77. The van der Waals surface area contributed by atoms with Gasteiger partial charge in [0.2, 0.25) is 5.91 Å². The van der Waals surface area contributed by atoms with Crippen molar-refractivity contribution in [3.05, 3.63) is 28.2 Å². The number of nitrogens with one attached hydrogen (secondary N) is 1. The lowest BCUT2D eigenvalue weighted by molar-refractivity contribution is -0.137. The van der Waals surface area contributed by atoms with Crippen LogP contribution in [0.3, 0.4) is 0 Å². The highest BCUT2D eigenvalue weighted by Gasteiger charge is 2.31. The molecule has 0 aliphatic heterocycles. The Morgan fingerprint density at radius 1 is 1.39 bits per heavy atom. The van der Waals surface area contributed by atoms with Gasteiger partial charge < -0.3 is 5.32 Å². The van der Waals surface area contributed by atoms with Gasteiger partial charge in [0.05, 0.1) is 11.3 Å². The van der Waals surface area contributed by atoms with Crippen molar-refractivity contribution in [2.75, 3.05) is 11.2 Å². The van der Waals surface area contributed by atoms with Gasteiger partial charge in [-0.1, -0.05) is 0 Å². The quantitative estimate of drug-likeness (QED) is 0.805. The predicted octanol–water partition coefficient (Wildman–Crippen LogP) is 4.43. The monoisotopic (exact) mass is 343 g/mol. The van der Waals surface area contributed by atoms with Crippen LogP contribution in [0, 0.1) is 0 Å². The summed E-state index contributed by atoms with van der Waals surface area (Å²) in [5.74, 6) is -0.0346. The topological polar surface area (TPSA) is 29.1 Å². The van der Waals surface area contributed by atoms with Crippen molar-refractivity contribution in [2.24, 2.45) is 0 Å². The minimum atomic E-state index is -4.43. The largest absolute Gasteiger partial charge is 0.416 e. The van der Waals surface area contributed by atoms with E-state index in [-0.39, 0.29) is 18.0 Å². The van der Waals surface area contributed by atoms with Crippen LogP contribution in [-0.2, 0) is 11.0 Å². The first kappa shape index (κ1) is 15.3. The van der Waals surface area contributed by atoms with E-state index in [0.29, 0.717) is 16.8 Å². The summed E-state index contributed by atoms with van der Waals surface area (Å²) in [7, 11) is 0. The number of amides is 1. The summed E-state index contributed by atoms with van der Waals surface area (Å²) in [5.41, 5.74) is -0.706. The van der Waals surface area contributed by atoms with Crippen molar-refractivity contribution in [1.82, 2.24) is 0 Å². The van der Waals surface area contributed by atoms with E-state index in [2.05, 4.69) is 21.2 Å². The summed E-state index contributed by atoms with van der Waals surface area (Å²) in [4.78, 5) is 11.4. The number of benzene rings is 1. The predicted molar refractivity (Wildman–Crippen MR) is 67.7 cm³/mol. The minimum absolute atomic E-state index is 0.101. The smallest absolute Gasteiger partial charge is 0.325 e. The molecule has 0 atom stereocenters. The van der Waals surface area contributed by atoms with Crippen molar-refractivity contribution >= 4 is 39.1 Å². The molecule has 0 unspecified atom stereocenters. The summed E-state index contributed by atoms with van der Waals surface area (Å²) in [6.45, 7) is 0. The van der Waals surface area contributed by atoms with E-state index < -0.39 is 11.7 Å². The molecule has 2 nitrogen and oxygen atoms in total. The van der Waals surface area contributed by atoms with E-state index >= 15 is 0 Å². The normalized spacial score (nSPS) is 11.4. The average molecular weight is 345 g/mol. The number of hydrogen-bond acceptors (Lipinski definition) is 1. The van der Waals surface area contributed by atoms with Crippen molar-refractivity contribution in [3.63, 3.8) is 0 Å². The highest BCUT2D eigenvalue weighted by atomic mass is 79.9. The maximum atomic E-state index is 12.5. The van der Waals surface area contributed by atoms with Crippen LogP contribution >= 0.6 is 27.5 Å². The Kier molecular flexibility index (Phi) is 5.47. The Balaban J connectivity index is 2.85. The summed E-state index contributed by atoms with van der Waals surface area (Å²) in [6.07, 6.45) is -3.79. The number of halogens is 5. The molecule has 1 aromatic rings. The maximum Gasteiger partial charge on any atom is 0.416 e. The van der Waals surface area contributed by atoms with Crippen LogP contribution in [0.25, 0.3) is 0 Å². The standard InChI is InChI=1S/C11H10BrClF3NO/c12-8-4-3-7(11(14,15)16)6-9(8)17-10(18)2-1-5-13/h3-4,6H,1-2,5H2,(H,17,18). The molecule has 0 aliphatic rings. The van der Waals surface area contributed by atoms with Crippen molar-refractivity contribution in [1.29, 1.82) is 0 Å². The van der Waals surface area contributed by atoms with Crippen LogP contribution in [0.2, 0.25) is 0 Å². The Bertz CT molecular complexity index is 437. The van der Waals surface area contributed by atoms with Gasteiger partial charge in [-0.05, 0) is 40.5 Å². The van der Waals surface area contributed by atoms with Crippen molar-refractivity contribution in [2.45, 2.75) is 19.0 Å². The van der Waals surface area contributed by atoms with Crippen LogP contribution in [0.1, 0.15) is 18.4 Å². The summed E-state index contributed by atoms with van der Waals surface area (Å²) >= 11 is 8.51. The van der Waals surface area contributed by atoms with E-state index in [1.807, 2.05) is 0 Å². The third kappa shape index (κ3) is 4.49. The average Bonchev–Trinajstić information content (AvgIpc) is 2.28. The molecule has 0 aromatic heterocycles. The lowest BCUT2D eigenvalue weighted by Gasteiger charge is -2.11. The second-order valence-electron chi connectivity index (χ2n) is 3.53. The molecule has 0 saturated heterocycles. The molecule has 1 amide bonds. The first-order valence-electron chi connectivity index (χ1n) is 5.07. The highest BCUT2D eigenvalue weighted by Crippen LogP contribution is 2.33. The van der Waals surface area contributed by atoms with Gasteiger partial charge in [-0.15, -0.1) is 11.6 Å². The van der Waals surface area contributed by atoms with E-state index in [0.717, 1.165) is 12.1 Å². The highest BCUT2D eigenvalue weighted by molar-refractivity contribution is 9.10. The Labute approximate surface area is 116 Å². The molecule has 1 aromatic carbocycles. The zero-order valence-electron chi connectivity index (χ0n) is 9.15. The number of anilines is 1. The molecular formula is C11H10BrClF3NO. The minimum Gasteiger partial charge on any atom is -0.325 e. The second kappa shape index (κ2) is 6.43. The lowest BCUT2D eigenvalue weighted by atomic mass is 10.2. The number of hydrogen-bond donors (Lipinski definition) is 1. The fourth-order valence-electron chi connectivity index (χ4n) is 1.24. The van der Waals surface area contributed by atoms with Gasteiger partial charge in [0.1, 0.15) is 0 Å². The Morgan fingerprint density at radius 3 is 2.61 bits per heavy atom. The molecule has 0 spiro atoms. The van der Waals surface area contributed by atoms with Crippen LogP contribution < -0.4 is 5.32 Å². The fraction of sp³-hybridized carbons (Fsp3) is 0.364. The fourth-order valence-corrected chi connectivity index (χ4v) is 1.72. The molecular weight excluding hydrogens is 334 g/mol. The third-order valence-corrected chi connectivity index (χ3v) is 3.06. The molecule has 18 heavy (non-hydrogen) atoms. The number of carbonyl (C=O) groups is 1. The van der Waals surface area contributed by atoms with Crippen molar-refractivity contribution in [3.8, 4) is 0 Å². The molecule has 0 heterocycles. The first-order chi connectivity index (χ1) is 8.34. The van der Waals surface area contributed by atoms with Gasteiger partial charge in [0.15, 0.2) is 0 Å². The van der Waals surface area contributed by atoms with Crippen LogP contribution in [-0.4, -0.2) is 11.8 Å². The molecule has 1 N–H and O–H groups in total. The van der Waals surface area contributed by atoms with Gasteiger partial charge in [0, 0.05) is 16.8 Å². The summed E-state index contributed by atoms with van der Waals surface area (Å²) in [5, 5.41) is 2.41. The molecule has 0 saturated carbocycles. The molecule has 0 bridgehead atoms. The van der Waals surface area contributed by atoms with Crippen molar-refractivity contribution < 1.29 is 18.0 Å². The molecule has 0 fully saturated rings. The van der Waals surface area contributed by atoms with E-state index in [4.69, 9.17) is 11.6 Å². The lowest BCUT2D eigenvalue weighted by Crippen LogP contribution is -2.13. The van der Waals surface area contributed by atoms with Gasteiger partial charge in [0.25, 0.3) is 0 Å². The molecule has 100 valence electrons. The Hall–Kier alpha value is -0.750. The number of carbonyl (C=O) groups excluding carboxylic acids is 1. The Morgan fingerprint density at radius 2 is 2.06 bits per heavy atom. The first-order valence-corrected chi connectivity index (χ1v) is 6.40. The van der Waals surface area contributed by atoms with Crippen LogP contribution in [0.15, 0.2) is 22.7 Å². The van der Waals surface area contributed by atoms with Crippen LogP contribution in [0.5, 0.6) is 0 Å². The van der Waals surface area contributed by atoms with Crippen LogP contribution in [0.4, 0.5) is 18.9 Å². The third-order valence-electron chi connectivity index (χ3n) is 2.11. The number of alkyl halides is 4. The van der Waals surface area contributed by atoms with E-state index in [1.165, 1.54) is 6.07 Å². The molecule has 0 aliphatic carbocycles. The molecule has 7 heteroatoms. The zero-order chi connectivity index (χ0) is 13.8. The van der Waals surface area contributed by atoms with Gasteiger partial charge in [-0.25, -0.2) is 0 Å². The molecule has 0 radical (unpaired) electrons. The summed E-state index contributed by atoms with van der Waals surface area (Å²) in [6, 6.07) is 3.08. The molecule has 1 rings (SSSR count). The van der Waals surface area contributed by atoms with Gasteiger partial charge in [-0.2, -0.15) is 13.2 Å². The zero-order valence-corrected chi connectivity index (χ0v) is 11.5. The van der Waals surface area contributed by atoms with E-state index in [9.17, 15) is 18.0 Å². The maximum absolute atomic E-state index is 12.5. The summed E-state index contributed by atoms with van der Waals surface area (Å²) < 4.78 is 37.9. The number of rotatable bonds is 4. The SMILES string of the molecule is O=C(CCCCl)Nc1cc(C(F)(F)F)ccc1Br. The van der Waals surface area contributed by atoms with Gasteiger partial charge >= 0.3 is 6.18 Å². The van der Waals surface area contributed by atoms with Gasteiger partial charge in [-0.3, -0.25) is 4.79 Å². The van der Waals surface area contributed by atoms with E-state index in [1.54, 1.807) is 0 Å².